The summed E-state index contributed by atoms with van der Waals surface area (Å²) in [6, 6.07) is 5.93. The summed E-state index contributed by atoms with van der Waals surface area (Å²) in [5.41, 5.74) is 7.21. The average molecular weight is 283 g/mol. The Morgan fingerprint density at radius 1 is 1.42 bits per heavy atom. The highest BCUT2D eigenvalue weighted by Crippen LogP contribution is 2.24. The first-order chi connectivity index (χ1) is 8.85. The van der Waals surface area contributed by atoms with E-state index < -0.39 is 9.84 Å². The fourth-order valence-electron chi connectivity index (χ4n) is 1.67. The Labute approximate surface area is 110 Å². The summed E-state index contributed by atoms with van der Waals surface area (Å²) < 4.78 is 36.8. The maximum atomic E-state index is 13.1. The van der Waals surface area contributed by atoms with Crippen molar-refractivity contribution in [1.29, 1.82) is 0 Å². The summed E-state index contributed by atoms with van der Waals surface area (Å²) in [4.78, 5) is 0. The SMILES string of the molecule is CS(=O)(=O)CCn1cc(N)c(-c2cccc(F)c2)n1. The second-order valence-electron chi connectivity index (χ2n) is 4.34. The number of aryl methyl sites for hydroxylation is 1. The number of nitrogens with zero attached hydrogens (tertiary/aromatic N) is 2. The molecule has 0 bridgehead atoms. The Kier molecular flexibility index (Phi) is 3.57. The van der Waals surface area contributed by atoms with Gasteiger partial charge in [-0.1, -0.05) is 12.1 Å². The van der Waals surface area contributed by atoms with Crippen molar-refractivity contribution < 1.29 is 12.8 Å². The highest BCUT2D eigenvalue weighted by Gasteiger charge is 2.10. The first-order valence-corrected chi connectivity index (χ1v) is 7.68. The van der Waals surface area contributed by atoms with E-state index in [2.05, 4.69) is 5.10 Å². The second-order valence-corrected chi connectivity index (χ2v) is 6.60. The van der Waals surface area contributed by atoms with Gasteiger partial charge in [0.05, 0.1) is 18.0 Å². The number of nitrogen functional groups attached to an aromatic ring is 1. The normalized spacial score (nSPS) is 11.7. The molecule has 102 valence electrons. The molecule has 0 amide bonds. The largest absolute Gasteiger partial charge is 0.396 e. The molecule has 0 fully saturated rings. The number of anilines is 1. The van der Waals surface area contributed by atoms with Crippen molar-refractivity contribution in [2.75, 3.05) is 17.7 Å². The lowest BCUT2D eigenvalue weighted by Crippen LogP contribution is -2.11. The Bertz CT molecular complexity index is 695. The van der Waals surface area contributed by atoms with Gasteiger partial charge in [-0.05, 0) is 12.1 Å². The molecule has 0 saturated carbocycles. The van der Waals surface area contributed by atoms with Gasteiger partial charge in [-0.2, -0.15) is 5.10 Å². The summed E-state index contributed by atoms with van der Waals surface area (Å²) in [6.07, 6.45) is 2.71. The van der Waals surface area contributed by atoms with Crippen molar-refractivity contribution in [3.8, 4) is 11.3 Å². The van der Waals surface area contributed by atoms with E-state index in [0.29, 0.717) is 16.9 Å². The van der Waals surface area contributed by atoms with Gasteiger partial charge in [0, 0.05) is 18.0 Å². The minimum absolute atomic E-state index is 0.0172. The van der Waals surface area contributed by atoms with Crippen LogP contribution in [0.2, 0.25) is 0 Å². The molecule has 0 aliphatic carbocycles. The Hall–Kier alpha value is -1.89. The van der Waals surface area contributed by atoms with Crippen LogP contribution in [-0.2, 0) is 16.4 Å². The molecule has 2 N–H and O–H groups in total. The maximum absolute atomic E-state index is 13.1. The average Bonchev–Trinajstić information content (AvgIpc) is 2.67. The smallest absolute Gasteiger partial charge is 0.149 e. The lowest BCUT2D eigenvalue weighted by Gasteiger charge is -2.00. The fraction of sp³-hybridized carbons (Fsp3) is 0.250. The second kappa shape index (κ2) is 5.00. The van der Waals surface area contributed by atoms with Gasteiger partial charge in [0.2, 0.25) is 0 Å². The van der Waals surface area contributed by atoms with Crippen molar-refractivity contribution >= 4 is 15.5 Å². The number of hydrogen-bond donors (Lipinski definition) is 1. The van der Waals surface area contributed by atoms with Crippen LogP contribution in [0.15, 0.2) is 30.5 Å². The molecule has 19 heavy (non-hydrogen) atoms. The lowest BCUT2D eigenvalue weighted by molar-refractivity contribution is 0.586. The van der Waals surface area contributed by atoms with Crippen LogP contribution in [0.1, 0.15) is 0 Å². The van der Waals surface area contributed by atoms with Gasteiger partial charge in [-0.15, -0.1) is 0 Å². The van der Waals surface area contributed by atoms with E-state index in [-0.39, 0.29) is 18.1 Å². The molecule has 1 aromatic heterocycles. The van der Waals surface area contributed by atoms with Crippen molar-refractivity contribution in [3.05, 3.63) is 36.3 Å². The lowest BCUT2D eigenvalue weighted by atomic mass is 10.1. The molecule has 0 saturated heterocycles. The van der Waals surface area contributed by atoms with E-state index in [1.807, 2.05) is 0 Å². The van der Waals surface area contributed by atoms with Crippen molar-refractivity contribution in [2.45, 2.75) is 6.54 Å². The topological polar surface area (TPSA) is 78.0 Å². The standard InChI is InChI=1S/C12H14FN3O2S/c1-19(17,18)6-5-16-8-11(14)12(15-16)9-3-2-4-10(13)7-9/h2-4,7-8H,5-6,14H2,1H3. The third-order valence-corrected chi connectivity index (χ3v) is 3.50. The molecular weight excluding hydrogens is 269 g/mol. The van der Waals surface area contributed by atoms with Crippen molar-refractivity contribution in [3.63, 3.8) is 0 Å². The van der Waals surface area contributed by atoms with E-state index in [4.69, 9.17) is 5.73 Å². The van der Waals surface area contributed by atoms with Crippen LogP contribution < -0.4 is 5.73 Å². The van der Waals surface area contributed by atoms with Crippen LogP contribution in [0, 0.1) is 5.82 Å². The third-order valence-electron chi connectivity index (χ3n) is 2.58. The molecule has 0 aliphatic heterocycles. The summed E-state index contributed by atoms with van der Waals surface area (Å²) in [6.45, 7) is 0.221. The van der Waals surface area contributed by atoms with Gasteiger partial charge < -0.3 is 5.73 Å². The van der Waals surface area contributed by atoms with Gasteiger partial charge in [-0.25, -0.2) is 12.8 Å². The molecule has 0 atom stereocenters. The van der Waals surface area contributed by atoms with Crippen LogP contribution in [-0.4, -0.2) is 30.2 Å². The van der Waals surface area contributed by atoms with Gasteiger partial charge in [0.15, 0.2) is 0 Å². The Morgan fingerprint density at radius 2 is 2.16 bits per heavy atom. The molecule has 2 rings (SSSR count). The molecule has 2 aromatic rings. The van der Waals surface area contributed by atoms with E-state index in [1.165, 1.54) is 16.8 Å². The van der Waals surface area contributed by atoms with Gasteiger partial charge in [-0.3, -0.25) is 4.68 Å². The number of hydrogen-bond acceptors (Lipinski definition) is 4. The number of rotatable bonds is 4. The third kappa shape index (κ3) is 3.54. The number of halogens is 1. The molecule has 5 nitrogen and oxygen atoms in total. The predicted octanol–water partition coefficient (Wildman–Crippen LogP) is 1.32. The van der Waals surface area contributed by atoms with Crippen LogP contribution in [0.3, 0.4) is 0 Å². The van der Waals surface area contributed by atoms with Crippen molar-refractivity contribution in [2.24, 2.45) is 0 Å². The maximum Gasteiger partial charge on any atom is 0.149 e. The van der Waals surface area contributed by atoms with Crippen LogP contribution >= 0.6 is 0 Å². The zero-order valence-corrected chi connectivity index (χ0v) is 11.2. The minimum Gasteiger partial charge on any atom is -0.396 e. The van der Waals surface area contributed by atoms with Gasteiger partial charge >= 0.3 is 0 Å². The van der Waals surface area contributed by atoms with Crippen LogP contribution in [0.5, 0.6) is 0 Å². The monoisotopic (exact) mass is 283 g/mol. The first kappa shape index (κ1) is 13.5. The molecular formula is C12H14FN3O2S. The van der Waals surface area contributed by atoms with Crippen molar-refractivity contribution in [1.82, 2.24) is 9.78 Å². The van der Waals surface area contributed by atoms with Crippen LogP contribution in [0.25, 0.3) is 11.3 Å². The quantitative estimate of drug-likeness (QED) is 0.918. The van der Waals surface area contributed by atoms with E-state index in [9.17, 15) is 12.8 Å². The molecule has 1 aromatic carbocycles. The Balaban J connectivity index is 2.26. The predicted molar refractivity (Wildman–Crippen MR) is 71.7 cm³/mol. The highest BCUT2D eigenvalue weighted by molar-refractivity contribution is 7.90. The van der Waals surface area contributed by atoms with Crippen LogP contribution in [0.4, 0.5) is 10.1 Å². The molecule has 0 unspecified atom stereocenters. The zero-order chi connectivity index (χ0) is 14.0. The number of aromatic nitrogens is 2. The summed E-state index contributed by atoms with van der Waals surface area (Å²) in [5.74, 6) is -0.390. The summed E-state index contributed by atoms with van der Waals surface area (Å²) in [5, 5.41) is 4.18. The molecule has 0 spiro atoms. The molecule has 1 heterocycles. The van der Waals surface area contributed by atoms with E-state index in [0.717, 1.165) is 6.26 Å². The zero-order valence-electron chi connectivity index (χ0n) is 10.4. The number of benzene rings is 1. The van der Waals surface area contributed by atoms with E-state index >= 15 is 0 Å². The fourth-order valence-corrected chi connectivity index (χ4v) is 2.19. The Morgan fingerprint density at radius 3 is 2.79 bits per heavy atom. The molecule has 7 heteroatoms. The van der Waals surface area contributed by atoms with Gasteiger partial charge in [0.25, 0.3) is 0 Å². The van der Waals surface area contributed by atoms with E-state index in [1.54, 1.807) is 18.3 Å². The first-order valence-electron chi connectivity index (χ1n) is 5.62. The highest BCUT2D eigenvalue weighted by atomic mass is 32.2. The van der Waals surface area contributed by atoms with Gasteiger partial charge in [0.1, 0.15) is 21.3 Å². The summed E-state index contributed by atoms with van der Waals surface area (Å²) in [7, 11) is -3.06. The number of sulfone groups is 1. The minimum atomic E-state index is -3.06. The molecule has 0 radical (unpaired) electrons. The number of nitrogens with two attached hydrogens (primary N) is 1. The summed E-state index contributed by atoms with van der Waals surface area (Å²) >= 11 is 0. The molecule has 0 aliphatic rings.